The molecular weight excluding hydrogens is 1190 g/mol. The maximum atomic E-state index is 14.2. The fourth-order valence-electron chi connectivity index (χ4n) is 9.07. The van der Waals surface area contributed by atoms with Gasteiger partial charge in [-0.25, -0.2) is 0 Å². The SMILES string of the molecule is CC(S)CCC=Cc1ccc2ccccc2[n+]1CC(=O)c1ccccc1.FC(F)(F)c1cc([B-](c2cc(C(F)(F)F)cc(C(F)(F)F)c2)(c2cc(C(F)(F)F)cc(C(F)(F)F)c2)c2cc(C(F)(F)F)cc(C(F)(F)F)c2)cc(C(F)(F)F)c1. The third-order valence-electron chi connectivity index (χ3n) is 12.9. The number of pyridine rings is 1. The standard InChI is InChI=1S/C32H12BF24.C23H23NOS/c34-25(35,36)13-1-14(26(37,38)39)6-21(5-13)33(22-7-15(27(40,41)42)2-16(8-22)28(43,44)45,23-9-17(29(46,47)48)3-18(10-23)30(49,50)51)24-11-19(31(52,53)54)4-20(12-24)32(55,56)57;1-18(26)9-5-7-13-21-16-15-19-10-6-8-14-22(19)24(21)17-23(25)20-11-3-2-4-12-20/h1-12H;2-4,6-8,10-16,18H,5,9,17H2,1H3/q-1;/p+1. The van der Waals surface area contributed by atoms with Gasteiger partial charge in [-0.3, -0.25) is 4.79 Å². The first-order valence-corrected chi connectivity index (χ1v) is 24.1. The van der Waals surface area contributed by atoms with Gasteiger partial charge in [0.05, 0.1) is 44.5 Å². The van der Waals surface area contributed by atoms with Crippen molar-refractivity contribution in [2.45, 2.75) is 81.0 Å². The van der Waals surface area contributed by atoms with Crippen LogP contribution in [0.4, 0.5) is 105 Å². The first kappa shape index (κ1) is 65.0. The molecule has 0 aliphatic rings. The van der Waals surface area contributed by atoms with Crippen molar-refractivity contribution in [2.75, 3.05) is 0 Å². The molecule has 7 aromatic rings. The summed E-state index contributed by atoms with van der Waals surface area (Å²) < 4.78 is 343. The average molecular weight is 1230 g/mol. The zero-order valence-electron chi connectivity index (χ0n) is 41.6. The molecule has 1 heterocycles. The van der Waals surface area contributed by atoms with Gasteiger partial charge < -0.3 is 0 Å². The minimum absolute atomic E-state index is 0.116. The van der Waals surface area contributed by atoms with E-state index in [1.807, 2.05) is 42.5 Å². The zero-order valence-corrected chi connectivity index (χ0v) is 42.5. The summed E-state index contributed by atoms with van der Waals surface area (Å²) >= 11 is 4.43. The zero-order chi connectivity index (χ0) is 62.3. The minimum atomic E-state index is -6.13. The normalized spacial score (nSPS) is 13.8. The van der Waals surface area contributed by atoms with Crippen molar-refractivity contribution in [1.29, 1.82) is 0 Å². The van der Waals surface area contributed by atoms with E-state index in [0.717, 1.165) is 35.0 Å². The Labute approximate surface area is 459 Å². The maximum Gasteiger partial charge on any atom is 0.416 e. The van der Waals surface area contributed by atoms with Gasteiger partial charge in [0, 0.05) is 29.2 Å². The Morgan fingerprint density at radius 2 is 0.735 bits per heavy atom. The van der Waals surface area contributed by atoms with Gasteiger partial charge in [0.15, 0.2) is 0 Å². The number of carbonyl (C=O) groups is 1. The van der Waals surface area contributed by atoms with E-state index >= 15 is 0 Å². The molecule has 28 heteroatoms. The van der Waals surface area contributed by atoms with Gasteiger partial charge in [0.25, 0.3) is 0 Å². The Hall–Kier alpha value is -7.13. The number of alkyl halides is 24. The summed E-state index contributed by atoms with van der Waals surface area (Å²) in [7, 11) is 0. The lowest BCUT2D eigenvalue weighted by molar-refractivity contribution is -0.658. The number of Topliss-reactive ketones (excluding diaryl/α,β-unsaturated/α-hetero) is 1. The number of halogens is 24. The minimum Gasteiger partial charge on any atom is -0.287 e. The monoisotopic (exact) mass is 1230 g/mol. The molecule has 0 saturated heterocycles. The fraction of sp³-hybridized carbons (Fsp3) is 0.236. The quantitative estimate of drug-likeness (QED) is 0.0450. The number of fused-ring (bicyclic) bond motifs is 1. The highest BCUT2D eigenvalue weighted by Crippen LogP contribution is 2.41. The number of thiol groups is 1. The van der Waals surface area contributed by atoms with Crippen molar-refractivity contribution < 1.29 is 115 Å². The number of hydrogen-bond donors (Lipinski definition) is 1. The average Bonchev–Trinajstić information content (AvgIpc) is 1.21. The van der Waals surface area contributed by atoms with E-state index in [2.05, 4.69) is 60.5 Å². The molecule has 0 radical (unpaired) electrons. The number of benzene rings is 6. The van der Waals surface area contributed by atoms with E-state index in [9.17, 15) is 110 Å². The number of para-hydroxylation sites is 1. The van der Waals surface area contributed by atoms with Crippen molar-refractivity contribution in [2.24, 2.45) is 0 Å². The van der Waals surface area contributed by atoms with Gasteiger partial charge in [-0.2, -0.15) is 144 Å². The van der Waals surface area contributed by atoms with Crippen LogP contribution in [0.15, 0.2) is 146 Å². The molecule has 7 rings (SSSR count). The Morgan fingerprint density at radius 3 is 1.04 bits per heavy atom. The Balaban J connectivity index is 0.000000352. The van der Waals surface area contributed by atoms with Crippen LogP contribution < -0.4 is 26.4 Å². The molecule has 0 aliphatic carbocycles. The largest absolute Gasteiger partial charge is 0.416 e. The van der Waals surface area contributed by atoms with Gasteiger partial charge >= 0.3 is 49.4 Å². The summed E-state index contributed by atoms with van der Waals surface area (Å²) in [4.78, 5) is 12.8. The molecule has 83 heavy (non-hydrogen) atoms. The first-order chi connectivity index (χ1) is 37.9. The summed E-state index contributed by atoms with van der Waals surface area (Å²) in [5.41, 5.74) is -27.3. The summed E-state index contributed by atoms with van der Waals surface area (Å²) in [6.45, 7) is 2.43. The number of nitrogens with zero attached hydrogens (tertiary/aromatic N) is 1. The molecule has 0 fully saturated rings. The van der Waals surface area contributed by atoms with Gasteiger partial charge in [0.1, 0.15) is 6.15 Å². The van der Waals surface area contributed by atoms with Crippen LogP contribution in [0.5, 0.6) is 0 Å². The molecule has 444 valence electrons. The second-order valence-electron chi connectivity index (χ2n) is 18.7. The first-order valence-electron chi connectivity index (χ1n) is 23.6. The molecule has 0 bridgehead atoms. The van der Waals surface area contributed by atoms with Crippen LogP contribution in [-0.2, 0) is 56.0 Å². The third-order valence-corrected chi connectivity index (χ3v) is 13.1. The second kappa shape index (κ2) is 23.5. The Morgan fingerprint density at radius 1 is 0.434 bits per heavy atom. The van der Waals surface area contributed by atoms with Crippen LogP contribution in [0.25, 0.3) is 17.0 Å². The molecule has 0 spiro atoms. The van der Waals surface area contributed by atoms with Crippen LogP contribution >= 0.6 is 12.6 Å². The molecule has 0 saturated carbocycles. The van der Waals surface area contributed by atoms with E-state index < -0.39 is 195 Å². The number of carbonyl (C=O) groups excluding carboxylic acids is 1. The number of rotatable bonds is 11. The van der Waals surface area contributed by atoms with Gasteiger partial charge in [-0.05, 0) is 54.5 Å². The highest BCUT2D eigenvalue weighted by molar-refractivity contribution is 7.80. The number of ketones is 1. The van der Waals surface area contributed by atoms with E-state index in [1.165, 1.54) is 0 Å². The van der Waals surface area contributed by atoms with Gasteiger partial charge in [-0.15, -0.1) is 0 Å². The lowest BCUT2D eigenvalue weighted by Crippen LogP contribution is -2.75. The molecule has 2 nitrogen and oxygen atoms in total. The lowest BCUT2D eigenvalue weighted by atomic mass is 9.12. The molecule has 6 aromatic carbocycles. The van der Waals surface area contributed by atoms with E-state index in [-0.39, 0.29) is 5.78 Å². The predicted molar refractivity (Wildman–Crippen MR) is 262 cm³/mol. The third kappa shape index (κ3) is 15.6. The van der Waals surface area contributed by atoms with Crippen molar-refractivity contribution in [3.63, 3.8) is 0 Å². The lowest BCUT2D eigenvalue weighted by Gasteiger charge is -2.46. The van der Waals surface area contributed by atoms with Crippen molar-refractivity contribution in [3.8, 4) is 0 Å². The fourth-order valence-corrected chi connectivity index (χ4v) is 9.22. The summed E-state index contributed by atoms with van der Waals surface area (Å²) in [6, 6.07) is 13.1. The predicted octanol–water partition coefficient (Wildman–Crippen LogP) is 16.3. The number of hydrogen-bond acceptors (Lipinski definition) is 2. The molecule has 1 aromatic heterocycles. The Bertz CT molecular complexity index is 3060. The van der Waals surface area contributed by atoms with Crippen LogP contribution in [0.1, 0.15) is 80.3 Å². The maximum absolute atomic E-state index is 14.2. The van der Waals surface area contributed by atoms with Crippen molar-refractivity contribution in [3.05, 3.63) is 201 Å². The number of allylic oxidation sites excluding steroid dienone is 1. The summed E-state index contributed by atoms with van der Waals surface area (Å²) in [5, 5.41) is 1.53. The van der Waals surface area contributed by atoms with Crippen molar-refractivity contribution >= 4 is 63.4 Å². The second-order valence-corrected chi connectivity index (χ2v) is 19.6. The van der Waals surface area contributed by atoms with Gasteiger partial charge in [0.2, 0.25) is 23.5 Å². The van der Waals surface area contributed by atoms with Gasteiger partial charge in [-0.1, -0.05) is 104 Å². The molecule has 0 amide bonds. The smallest absolute Gasteiger partial charge is 0.287 e. The van der Waals surface area contributed by atoms with Crippen LogP contribution in [0, 0.1) is 0 Å². The van der Waals surface area contributed by atoms with Crippen LogP contribution in [0.3, 0.4) is 0 Å². The highest BCUT2D eigenvalue weighted by atomic mass is 32.1. The van der Waals surface area contributed by atoms with Crippen molar-refractivity contribution in [1.82, 2.24) is 0 Å². The molecule has 1 atom stereocenters. The summed E-state index contributed by atoms with van der Waals surface area (Å²) in [6.07, 6.45) is -48.5. The highest BCUT2D eigenvalue weighted by Gasteiger charge is 2.47. The molecular formula is C55H36BF24NOS. The van der Waals surface area contributed by atoms with E-state index in [0.29, 0.717) is 11.8 Å². The molecule has 1 unspecified atom stereocenters. The van der Waals surface area contributed by atoms with E-state index in [4.69, 9.17) is 0 Å². The summed E-state index contributed by atoms with van der Waals surface area (Å²) in [5.74, 6) is 0.116. The van der Waals surface area contributed by atoms with Crippen LogP contribution in [0.2, 0.25) is 0 Å². The topological polar surface area (TPSA) is 20.9 Å². The molecule has 0 aliphatic heterocycles. The number of aromatic nitrogens is 1. The van der Waals surface area contributed by atoms with E-state index in [1.54, 1.807) is 0 Å². The molecule has 0 N–H and O–H groups in total. The Kier molecular flexibility index (Phi) is 18.4. The van der Waals surface area contributed by atoms with Crippen LogP contribution in [-0.4, -0.2) is 17.2 Å².